The van der Waals surface area contributed by atoms with Crippen molar-refractivity contribution in [2.75, 3.05) is 13.1 Å². The fourth-order valence-corrected chi connectivity index (χ4v) is 1.30. The lowest BCUT2D eigenvalue weighted by Gasteiger charge is -2.08. The van der Waals surface area contributed by atoms with E-state index in [2.05, 4.69) is 29.3 Å². The number of aromatic nitrogens is 2. The zero-order chi connectivity index (χ0) is 11.1. The van der Waals surface area contributed by atoms with Crippen molar-refractivity contribution in [3.8, 4) is 0 Å². The van der Waals surface area contributed by atoms with Gasteiger partial charge in [-0.3, -0.25) is 0 Å². The van der Waals surface area contributed by atoms with Crippen LogP contribution in [0.4, 0.5) is 0 Å². The van der Waals surface area contributed by atoms with Gasteiger partial charge >= 0.3 is 0 Å². The Kier molecular flexibility index (Phi) is 5.32. The van der Waals surface area contributed by atoms with Crippen LogP contribution >= 0.6 is 0 Å². The van der Waals surface area contributed by atoms with E-state index in [0.29, 0.717) is 0 Å². The fourth-order valence-electron chi connectivity index (χ4n) is 1.30. The van der Waals surface area contributed by atoms with Gasteiger partial charge in [-0.25, -0.2) is 0 Å². The number of nitrogens with one attached hydrogen (secondary N) is 1. The fraction of sp³-hybridized carbons (Fsp3) is 0.818. The molecule has 0 aliphatic rings. The van der Waals surface area contributed by atoms with E-state index >= 15 is 0 Å². The lowest BCUT2D eigenvalue weighted by molar-refractivity contribution is 0.370. The molecule has 1 aromatic rings. The van der Waals surface area contributed by atoms with Gasteiger partial charge in [0.05, 0.1) is 0 Å². The second kappa shape index (κ2) is 6.56. The molecular formula is C11H21N3O. The molecule has 1 heterocycles. The highest BCUT2D eigenvalue weighted by molar-refractivity contribution is 4.82. The first kappa shape index (κ1) is 12.2. The summed E-state index contributed by atoms with van der Waals surface area (Å²) >= 11 is 0. The molecule has 1 N–H and O–H groups in total. The Morgan fingerprint density at radius 2 is 2.27 bits per heavy atom. The monoisotopic (exact) mass is 211 g/mol. The predicted octanol–water partition coefficient (Wildman–Crippen LogP) is 1.95. The number of rotatable bonds is 7. The molecular weight excluding hydrogens is 190 g/mol. The highest BCUT2D eigenvalue weighted by atomic mass is 16.5. The number of nitrogens with zero attached hydrogens (tertiary/aromatic N) is 2. The molecule has 4 nitrogen and oxygen atoms in total. The van der Waals surface area contributed by atoms with Crippen LogP contribution in [0.25, 0.3) is 0 Å². The summed E-state index contributed by atoms with van der Waals surface area (Å²) in [7, 11) is 0. The van der Waals surface area contributed by atoms with Crippen molar-refractivity contribution in [1.82, 2.24) is 15.5 Å². The first-order valence-corrected chi connectivity index (χ1v) is 5.72. The van der Waals surface area contributed by atoms with Crippen molar-refractivity contribution in [1.29, 1.82) is 0 Å². The highest BCUT2D eigenvalue weighted by Gasteiger charge is 2.02. The molecule has 15 heavy (non-hydrogen) atoms. The van der Waals surface area contributed by atoms with E-state index in [1.54, 1.807) is 0 Å². The quantitative estimate of drug-likeness (QED) is 0.700. The van der Waals surface area contributed by atoms with Crippen molar-refractivity contribution in [2.45, 2.75) is 40.0 Å². The van der Waals surface area contributed by atoms with Crippen molar-refractivity contribution in [3.05, 3.63) is 11.7 Å². The molecule has 4 heteroatoms. The lowest BCUT2D eigenvalue weighted by Crippen LogP contribution is -2.22. The predicted molar refractivity (Wildman–Crippen MR) is 59.7 cm³/mol. The van der Waals surface area contributed by atoms with Gasteiger partial charge in [-0.05, 0) is 32.4 Å². The average Bonchev–Trinajstić information content (AvgIpc) is 2.63. The van der Waals surface area contributed by atoms with Crippen LogP contribution in [0.3, 0.4) is 0 Å². The van der Waals surface area contributed by atoms with Crippen LogP contribution in [-0.2, 0) is 6.42 Å². The van der Waals surface area contributed by atoms with E-state index < -0.39 is 0 Å². The van der Waals surface area contributed by atoms with Gasteiger partial charge in [0.25, 0.3) is 0 Å². The Labute approximate surface area is 91.5 Å². The van der Waals surface area contributed by atoms with Crippen LogP contribution in [0.15, 0.2) is 4.52 Å². The third-order valence-corrected chi connectivity index (χ3v) is 2.50. The van der Waals surface area contributed by atoms with Gasteiger partial charge in [0.2, 0.25) is 5.89 Å². The van der Waals surface area contributed by atoms with E-state index in [4.69, 9.17) is 4.52 Å². The van der Waals surface area contributed by atoms with Crippen molar-refractivity contribution in [2.24, 2.45) is 5.92 Å². The Morgan fingerprint density at radius 1 is 1.47 bits per heavy atom. The van der Waals surface area contributed by atoms with Crippen LogP contribution < -0.4 is 5.32 Å². The smallest absolute Gasteiger partial charge is 0.226 e. The second-order valence-corrected chi connectivity index (χ2v) is 4.06. The van der Waals surface area contributed by atoms with Gasteiger partial charge in [-0.2, -0.15) is 4.98 Å². The van der Waals surface area contributed by atoms with Gasteiger partial charge < -0.3 is 9.84 Å². The Bertz CT molecular complexity index is 273. The first-order chi connectivity index (χ1) is 7.22. The minimum Gasteiger partial charge on any atom is -0.339 e. The zero-order valence-corrected chi connectivity index (χ0v) is 9.92. The number of hydrogen-bond acceptors (Lipinski definition) is 4. The number of hydrogen-bond donors (Lipinski definition) is 1. The first-order valence-electron chi connectivity index (χ1n) is 5.72. The molecule has 0 spiro atoms. The lowest BCUT2D eigenvalue weighted by atomic mass is 10.1. The van der Waals surface area contributed by atoms with E-state index in [1.807, 2.05) is 6.92 Å². The van der Waals surface area contributed by atoms with E-state index in [1.165, 1.54) is 6.42 Å². The van der Waals surface area contributed by atoms with E-state index in [9.17, 15) is 0 Å². The Hall–Kier alpha value is -0.900. The molecule has 0 radical (unpaired) electrons. The molecule has 0 aliphatic heterocycles. The summed E-state index contributed by atoms with van der Waals surface area (Å²) in [5.41, 5.74) is 0. The molecule has 0 saturated carbocycles. The SMILES string of the molecule is CCC(C)CNCCCc1nc(C)no1. The summed E-state index contributed by atoms with van der Waals surface area (Å²) in [5, 5.41) is 7.17. The third-order valence-electron chi connectivity index (χ3n) is 2.50. The average molecular weight is 211 g/mol. The molecule has 0 fully saturated rings. The van der Waals surface area contributed by atoms with Crippen LogP contribution in [0.5, 0.6) is 0 Å². The molecule has 0 saturated heterocycles. The summed E-state index contributed by atoms with van der Waals surface area (Å²) in [5.74, 6) is 2.23. The summed E-state index contributed by atoms with van der Waals surface area (Å²) in [6.45, 7) is 8.43. The molecule has 1 atom stereocenters. The maximum atomic E-state index is 5.02. The van der Waals surface area contributed by atoms with Gasteiger partial charge in [0.1, 0.15) is 0 Å². The van der Waals surface area contributed by atoms with E-state index in [-0.39, 0.29) is 0 Å². The molecule has 0 aromatic carbocycles. The molecule has 1 rings (SSSR count). The van der Waals surface area contributed by atoms with Crippen LogP contribution in [-0.4, -0.2) is 23.2 Å². The maximum absolute atomic E-state index is 5.02. The molecule has 0 aliphatic carbocycles. The Balaban J connectivity index is 2.02. The maximum Gasteiger partial charge on any atom is 0.226 e. The second-order valence-electron chi connectivity index (χ2n) is 4.06. The molecule has 0 amide bonds. The minimum atomic E-state index is 0.720. The summed E-state index contributed by atoms with van der Waals surface area (Å²) in [6.07, 6.45) is 3.16. The topological polar surface area (TPSA) is 51.0 Å². The van der Waals surface area contributed by atoms with Crippen LogP contribution in [0.1, 0.15) is 38.4 Å². The summed E-state index contributed by atoms with van der Waals surface area (Å²) in [4.78, 5) is 4.15. The van der Waals surface area contributed by atoms with E-state index in [0.717, 1.165) is 43.6 Å². The van der Waals surface area contributed by atoms with Gasteiger partial charge in [0.15, 0.2) is 5.82 Å². The minimum absolute atomic E-state index is 0.720. The standard InChI is InChI=1S/C11H21N3O/c1-4-9(2)8-12-7-5-6-11-13-10(3)14-15-11/h9,12H,4-8H2,1-3H3. The largest absolute Gasteiger partial charge is 0.339 e. The summed E-state index contributed by atoms with van der Waals surface area (Å²) in [6, 6.07) is 0. The molecule has 0 bridgehead atoms. The van der Waals surface area contributed by atoms with Crippen LogP contribution in [0.2, 0.25) is 0 Å². The van der Waals surface area contributed by atoms with Crippen molar-refractivity contribution >= 4 is 0 Å². The third kappa shape index (κ3) is 4.93. The van der Waals surface area contributed by atoms with Gasteiger partial charge in [-0.15, -0.1) is 0 Å². The van der Waals surface area contributed by atoms with Crippen molar-refractivity contribution < 1.29 is 4.52 Å². The van der Waals surface area contributed by atoms with Crippen LogP contribution in [0, 0.1) is 12.8 Å². The van der Waals surface area contributed by atoms with Gasteiger partial charge in [0, 0.05) is 6.42 Å². The molecule has 86 valence electrons. The van der Waals surface area contributed by atoms with Gasteiger partial charge in [-0.1, -0.05) is 25.4 Å². The summed E-state index contributed by atoms with van der Waals surface area (Å²) < 4.78 is 5.02. The Morgan fingerprint density at radius 3 is 2.87 bits per heavy atom. The van der Waals surface area contributed by atoms with Crippen molar-refractivity contribution in [3.63, 3.8) is 0 Å². The molecule has 1 aromatic heterocycles. The highest BCUT2D eigenvalue weighted by Crippen LogP contribution is 2.00. The normalized spacial score (nSPS) is 13.0. The number of aryl methyl sites for hydroxylation is 2. The zero-order valence-electron chi connectivity index (χ0n) is 9.92. The molecule has 1 unspecified atom stereocenters.